The van der Waals surface area contributed by atoms with Gasteiger partial charge in [-0.1, -0.05) is 126 Å². The van der Waals surface area contributed by atoms with Gasteiger partial charge in [0.15, 0.2) is 6.10 Å². The van der Waals surface area contributed by atoms with Gasteiger partial charge in [-0.3, -0.25) is 18.6 Å². The maximum atomic E-state index is 12.5. The molecule has 0 rings (SSSR count). The quantitative estimate of drug-likeness (QED) is 0.0283. The molecule has 9 nitrogen and oxygen atoms in total. The van der Waals surface area contributed by atoms with E-state index in [0.29, 0.717) is 12.8 Å². The first-order chi connectivity index (χ1) is 24.3. The van der Waals surface area contributed by atoms with Gasteiger partial charge in [0, 0.05) is 19.4 Å². The lowest BCUT2D eigenvalue weighted by atomic mass is 10.1. The van der Waals surface area contributed by atoms with Crippen molar-refractivity contribution in [1.29, 1.82) is 0 Å². The molecule has 0 heterocycles. The lowest BCUT2D eigenvalue weighted by Crippen LogP contribution is -2.29. The number of carbonyl (C=O) groups excluding carboxylic acids is 2. The lowest BCUT2D eigenvalue weighted by Gasteiger charge is -2.19. The summed E-state index contributed by atoms with van der Waals surface area (Å²) in [5.41, 5.74) is 5.33. The van der Waals surface area contributed by atoms with Crippen molar-refractivity contribution in [1.82, 2.24) is 0 Å². The molecule has 0 bridgehead atoms. The third-order valence-electron chi connectivity index (χ3n) is 7.62. The van der Waals surface area contributed by atoms with Crippen molar-refractivity contribution in [3.05, 3.63) is 60.8 Å². The number of ether oxygens (including phenoxy) is 2. The van der Waals surface area contributed by atoms with Crippen LogP contribution in [0.3, 0.4) is 0 Å². The van der Waals surface area contributed by atoms with Gasteiger partial charge in [-0.05, 0) is 70.6 Å². The number of hydrogen-bond acceptors (Lipinski definition) is 8. The SMILES string of the molecule is CC/C=C\C/C=C\C/C=C\C/C=C\CCCCCCCCC(=O)OC(COC(=O)CCCCCCC/C=C\CCC)COP(=O)(O)OCCN. The molecule has 288 valence electrons. The zero-order valence-corrected chi connectivity index (χ0v) is 32.3. The molecule has 0 saturated carbocycles. The zero-order valence-electron chi connectivity index (χ0n) is 31.4. The molecule has 0 aromatic carbocycles. The summed E-state index contributed by atoms with van der Waals surface area (Å²) in [7, 11) is -4.38. The van der Waals surface area contributed by atoms with Gasteiger partial charge in [0.25, 0.3) is 0 Å². The highest BCUT2D eigenvalue weighted by atomic mass is 31.2. The van der Waals surface area contributed by atoms with E-state index in [9.17, 15) is 19.0 Å². The minimum absolute atomic E-state index is 0.0469. The third kappa shape index (κ3) is 35.5. The van der Waals surface area contributed by atoms with E-state index in [4.69, 9.17) is 24.3 Å². The molecule has 10 heteroatoms. The Balaban J connectivity index is 4.23. The van der Waals surface area contributed by atoms with E-state index in [0.717, 1.165) is 103 Å². The molecule has 2 unspecified atom stereocenters. The van der Waals surface area contributed by atoms with Gasteiger partial charge < -0.3 is 20.1 Å². The number of unbranched alkanes of at least 4 members (excludes halogenated alkanes) is 12. The van der Waals surface area contributed by atoms with Crippen LogP contribution in [0.25, 0.3) is 0 Å². The van der Waals surface area contributed by atoms with E-state index in [1.807, 2.05) is 0 Å². The highest BCUT2D eigenvalue weighted by molar-refractivity contribution is 7.47. The molecule has 0 aromatic rings. The molecule has 50 heavy (non-hydrogen) atoms. The van der Waals surface area contributed by atoms with E-state index in [1.54, 1.807) is 0 Å². The maximum Gasteiger partial charge on any atom is 0.472 e. The number of esters is 2. The molecule has 0 aliphatic heterocycles. The summed E-state index contributed by atoms with van der Waals surface area (Å²) < 4.78 is 32.6. The first-order valence-corrected chi connectivity index (χ1v) is 20.8. The first kappa shape index (κ1) is 47.7. The fraction of sp³-hybridized carbons (Fsp3) is 0.700. The van der Waals surface area contributed by atoms with Gasteiger partial charge >= 0.3 is 19.8 Å². The second kappa shape index (κ2) is 36.5. The molecule has 0 aliphatic carbocycles. The monoisotopic (exact) mass is 723 g/mol. The summed E-state index contributed by atoms with van der Waals surface area (Å²) in [6, 6.07) is 0. The normalized spacial score (nSPS) is 14.1. The molecule has 0 aromatic heterocycles. The minimum Gasteiger partial charge on any atom is -0.462 e. The number of phosphoric acid groups is 1. The number of carbonyl (C=O) groups is 2. The Hall–Kier alpha value is -2.29. The predicted octanol–water partition coefficient (Wildman–Crippen LogP) is 10.5. The Morgan fingerprint density at radius 2 is 1.10 bits per heavy atom. The third-order valence-corrected chi connectivity index (χ3v) is 8.60. The van der Waals surface area contributed by atoms with Crippen LogP contribution in [0.2, 0.25) is 0 Å². The van der Waals surface area contributed by atoms with Crippen molar-refractivity contribution in [2.75, 3.05) is 26.4 Å². The summed E-state index contributed by atoms with van der Waals surface area (Å²) in [6.07, 6.45) is 41.1. The summed E-state index contributed by atoms with van der Waals surface area (Å²) in [5.74, 6) is -0.865. The van der Waals surface area contributed by atoms with Gasteiger partial charge in [-0.15, -0.1) is 0 Å². The second-order valence-corrected chi connectivity index (χ2v) is 13.9. The summed E-state index contributed by atoms with van der Waals surface area (Å²) in [4.78, 5) is 34.7. The molecule has 0 saturated heterocycles. The fourth-order valence-corrected chi connectivity index (χ4v) is 5.57. The van der Waals surface area contributed by atoms with Crippen molar-refractivity contribution < 1.29 is 37.6 Å². The summed E-state index contributed by atoms with van der Waals surface area (Å²) in [5, 5.41) is 0. The molecule has 0 amide bonds. The Bertz CT molecular complexity index is 1010. The van der Waals surface area contributed by atoms with Crippen LogP contribution in [0, 0.1) is 0 Å². The molecule has 0 radical (unpaired) electrons. The van der Waals surface area contributed by atoms with Crippen molar-refractivity contribution in [2.45, 2.75) is 155 Å². The zero-order chi connectivity index (χ0) is 36.8. The van der Waals surface area contributed by atoms with Crippen LogP contribution in [0.4, 0.5) is 0 Å². The Labute approximate surface area is 304 Å². The number of allylic oxidation sites excluding steroid dienone is 10. The molecule has 2 atom stereocenters. The highest BCUT2D eigenvalue weighted by Crippen LogP contribution is 2.43. The van der Waals surface area contributed by atoms with Crippen LogP contribution in [0.15, 0.2) is 60.8 Å². The van der Waals surface area contributed by atoms with Crippen LogP contribution in [0.1, 0.15) is 149 Å². The van der Waals surface area contributed by atoms with Crippen molar-refractivity contribution in [3.63, 3.8) is 0 Å². The van der Waals surface area contributed by atoms with E-state index in [2.05, 4.69) is 74.6 Å². The molecule has 0 aliphatic rings. The van der Waals surface area contributed by atoms with Crippen molar-refractivity contribution >= 4 is 19.8 Å². The first-order valence-electron chi connectivity index (χ1n) is 19.3. The van der Waals surface area contributed by atoms with E-state index in [-0.39, 0.29) is 32.6 Å². The van der Waals surface area contributed by atoms with Gasteiger partial charge in [0.2, 0.25) is 0 Å². The predicted molar refractivity (Wildman–Crippen MR) is 206 cm³/mol. The van der Waals surface area contributed by atoms with Crippen LogP contribution in [-0.4, -0.2) is 49.3 Å². The van der Waals surface area contributed by atoms with Crippen LogP contribution in [-0.2, 0) is 32.7 Å². The lowest BCUT2D eigenvalue weighted by molar-refractivity contribution is -0.161. The topological polar surface area (TPSA) is 134 Å². The smallest absolute Gasteiger partial charge is 0.462 e. The van der Waals surface area contributed by atoms with E-state index in [1.165, 1.54) is 6.42 Å². The van der Waals surface area contributed by atoms with Gasteiger partial charge in [0.05, 0.1) is 13.2 Å². The van der Waals surface area contributed by atoms with Crippen LogP contribution >= 0.6 is 7.82 Å². The fourth-order valence-electron chi connectivity index (χ4n) is 4.80. The second-order valence-electron chi connectivity index (χ2n) is 12.4. The van der Waals surface area contributed by atoms with Crippen molar-refractivity contribution in [3.8, 4) is 0 Å². The van der Waals surface area contributed by atoms with Crippen molar-refractivity contribution in [2.24, 2.45) is 5.73 Å². The molecule has 0 fully saturated rings. The van der Waals surface area contributed by atoms with E-state index < -0.39 is 32.5 Å². The average Bonchev–Trinajstić information content (AvgIpc) is 3.10. The summed E-state index contributed by atoms with van der Waals surface area (Å²) in [6.45, 7) is 3.50. The standard InChI is InChI=1S/C40H70NO8P/c1-3-5-7-9-11-13-15-16-17-18-19-20-21-22-23-25-27-29-31-33-40(43)49-38(37-48-50(44,45)47-35-34-41)36-46-39(42)32-30-28-26-24-14-12-10-8-6-4-2/h5,7-8,10-11,13,16-17,19-20,38H,3-4,6,9,12,14-15,18,21-37,41H2,1-2H3,(H,44,45)/b7-5-,10-8-,13-11-,17-16-,20-19-. The maximum absolute atomic E-state index is 12.5. The number of phosphoric ester groups is 1. The Morgan fingerprint density at radius 1 is 0.620 bits per heavy atom. The van der Waals surface area contributed by atoms with Gasteiger partial charge in [-0.25, -0.2) is 4.57 Å². The summed E-state index contributed by atoms with van der Waals surface area (Å²) >= 11 is 0. The van der Waals surface area contributed by atoms with Gasteiger partial charge in [-0.2, -0.15) is 0 Å². The highest BCUT2D eigenvalue weighted by Gasteiger charge is 2.25. The number of hydrogen-bond donors (Lipinski definition) is 2. The molecule has 3 N–H and O–H groups in total. The van der Waals surface area contributed by atoms with Crippen LogP contribution < -0.4 is 5.73 Å². The Kier molecular flexibility index (Phi) is 34.8. The molecular formula is C40H70NO8P. The van der Waals surface area contributed by atoms with Gasteiger partial charge in [0.1, 0.15) is 6.61 Å². The Morgan fingerprint density at radius 3 is 1.66 bits per heavy atom. The largest absolute Gasteiger partial charge is 0.472 e. The molecular weight excluding hydrogens is 653 g/mol. The number of nitrogens with two attached hydrogens (primary N) is 1. The van der Waals surface area contributed by atoms with E-state index >= 15 is 0 Å². The molecule has 0 spiro atoms. The number of rotatable bonds is 35. The minimum atomic E-state index is -4.38. The van der Waals surface area contributed by atoms with Crippen LogP contribution in [0.5, 0.6) is 0 Å². The average molecular weight is 724 g/mol.